The number of aliphatic hydroxyl groups excluding tert-OH is 5. The number of rotatable bonds is 33. The van der Waals surface area contributed by atoms with Crippen molar-refractivity contribution in [2.24, 2.45) is 0 Å². The van der Waals surface area contributed by atoms with E-state index in [4.69, 9.17) is 9.47 Å². The Morgan fingerprint density at radius 2 is 1.17 bits per heavy atom. The zero-order chi connectivity index (χ0) is 38.1. The molecule has 0 saturated carbocycles. The molecule has 0 spiro atoms. The van der Waals surface area contributed by atoms with E-state index >= 15 is 0 Å². The first kappa shape index (κ1) is 48.2. The van der Waals surface area contributed by atoms with Crippen LogP contribution < -0.4 is 5.32 Å². The quantitative estimate of drug-likeness (QED) is 0.0295. The van der Waals surface area contributed by atoms with E-state index in [9.17, 15) is 30.3 Å². The average Bonchev–Trinajstić information content (AvgIpc) is 3.14. The van der Waals surface area contributed by atoms with Crippen LogP contribution in [0.4, 0.5) is 0 Å². The van der Waals surface area contributed by atoms with Gasteiger partial charge >= 0.3 is 0 Å². The molecule has 0 aromatic rings. The smallest absolute Gasteiger partial charge is 0.220 e. The van der Waals surface area contributed by atoms with Gasteiger partial charge in [0.05, 0.1) is 25.4 Å². The normalized spacial score (nSPS) is 22.3. The average molecular weight is 736 g/mol. The van der Waals surface area contributed by atoms with E-state index in [1.165, 1.54) is 70.6 Å². The van der Waals surface area contributed by atoms with Crippen molar-refractivity contribution in [3.8, 4) is 0 Å². The summed E-state index contributed by atoms with van der Waals surface area (Å²) in [5, 5.41) is 54.0. The maximum absolute atomic E-state index is 12.9. The van der Waals surface area contributed by atoms with Gasteiger partial charge in [-0.1, -0.05) is 146 Å². The first-order valence-electron chi connectivity index (χ1n) is 20.9. The number of ether oxygens (including phenoxy) is 2. The Hall–Kier alpha value is -1.85. The topological polar surface area (TPSA) is 149 Å². The molecular formula is C43H77NO8. The fourth-order valence-corrected chi connectivity index (χ4v) is 6.19. The van der Waals surface area contributed by atoms with Crippen LogP contribution >= 0.6 is 0 Å². The second-order valence-electron chi connectivity index (χ2n) is 14.4. The molecule has 0 aliphatic carbocycles. The van der Waals surface area contributed by atoms with E-state index in [0.717, 1.165) is 70.6 Å². The van der Waals surface area contributed by atoms with Crippen LogP contribution in [-0.2, 0) is 14.3 Å². The van der Waals surface area contributed by atoms with Gasteiger partial charge in [-0.15, -0.1) is 0 Å². The molecule has 1 saturated heterocycles. The highest BCUT2D eigenvalue weighted by Crippen LogP contribution is 2.22. The van der Waals surface area contributed by atoms with Crippen molar-refractivity contribution in [2.45, 2.75) is 204 Å². The molecule has 9 nitrogen and oxygen atoms in total. The molecule has 52 heavy (non-hydrogen) atoms. The number of allylic oxidation sites excluding steroid dienone is 7. The Bertz CT molecular complexity index is 951. The summed E-state index contributed by atoms with van der Waals surface area (Å²) in [6, 6.07) is -0.827. The first-order chi connectivity index (χ1) is 25.3. The highest BCUT2D eigenvalue weighted by atomic mass is 16.7. The lowest BCUT2D eigenvalue weighted by atomic mass is 9.99. The second kappa shape index (κ2) is 33.7. The van der Waals surface area contributed by atoms with E-state index < -0.39 is 49.5 Å². The van der Waals surface area contributed by atoms with E-state index in [2.05, 4.69) is 55.6 Å². The summed E-state index contributed by atoms with van der Waals surface area (Å²) in [5.41, 5.74) is 0. The number of nitrogens with one attached hydrogen (secondary N) is 1. The minimum Gasteiger partial charge on any atom is -0.394 e. The van der Waals surface area contributed by atoms with E-state index in [1.54, 1.807) is 6.08 Å². The maximum Gasteiger partial charge on any atom is 0.220 e. The van der Waals surface area contributed by atoms with Crippen molar-refractivity contribution in [1.82, 2.24) is 5.32 Å². The molecule has 1 aliphatic rings. The van der Waals surface area contributed by atoms with Crippen molar-refractivity contribution < 1.29 is 39.8 Å². The Labute approximate surface area is 316 Å². The molecule has 0 aromatic heterocycles. The van der Waals surface area contributed by atoms with Crippen molar-refractivity contribution >= 4 is 5.91 Å². The molecule has 6 N–H and O–H groups in total. The van der Waals surface area contributed by atoms with Gasteiger partial charge in [-0.3, -0.25) is 4.79 Å². The Balaban J connectivity index is 2.46. The van der Waals surface area contributed by atoms with Gasteiger partial charge in [-0.05, 0) is 57.8 Å². The predicted molar refractivity (Wildman–Crippen MR) is 212 cm³/mol. The van der Waals surface area contributed by atoms with Crippen LogP contribution in [0.25, 0.3) is 0 Å². The molecule has 9 heteroatoms. The number of carbonyl (C=O) groups excluding carboxylic acids is 1. The molecular weight excluding hydrogens is 658 g/mol. The minimum absolute atomic E-state index is 0.204. The lowest BCUT2D eigenvalue weighted by molar-refractivity contribution is -0.302. The summed E-state index contributed by atoms with van der Waals surface area (Å²) >= 11 is 0. The Morgan fingerprint density at radius 1 is 0.654 bits per heavy atom. The number of carbonyl (C=O) groups is 1. The number of hydrogen-bond acceptors (Lipinski definition) is 8. The lowest BCUT2D eigenvalue weighted by Gasteiger charge is -2.40. The van der Waals surface area contributed by atoms with Gasteiger partial charge in [0.25, 0.3) is 0 Å². The molecule has 302 valence electrons. The molecule has 7 unspecified atom stereocenters. The van der Waals surface area contributed by atoms with Crippen molar-refractivity contribution in [2.75, 3.05) is 13.2 Å². The number of aliphatic hydroxyl groups is 5. The zero-order valence-electron chi connectivity index (χ0n) is 32.8. The Kier molecular flexibility index (Phi) is 31.2. The molecule has 0 aromatic carbocycles. The minimum atomic E-state index is -1.57. The second-order valence-corrected chi connectivity index (χ2v) is 14.4. The fourth-order valence-electron chi connectivity index (χ4n) is 6.19. The molecule has 0 radical (unpaired) electrons. The number of unbranched alkanes of at least 4 members (excludes halogenated alkanes) is 17. The van der Waals surface area contributed by atoms with Crippen molar-refractivity contribution in [3.63, 3.8) is 0 Å². The SMILES string of the molecule is CCCC/C=C\C/C=C\CCCCCCCC(=O)NC(COC1OC(CO)C(O)C(O)C1O)C(O)/C=C/CC/C=C/CCCCCCCCCCC. The molecule has 1 heterocycles. The number of hydrogen-bond donors (Lipinski definition) is 6. The van der Waals surface area contributed by atoms with E-state index in [-0.39, 0.29) is 12.5 Å². The summed E-state index contributed by atoms with van der Waals surface area (Å²) in [4.78, 5) is 12.9. The zero-order valence-corrected chi connectivity index (χ0v) is 32.8. The van der Waals surface area contributed by atoms with Crippen LogP contribution in [0.2, 0.25) is 0 Å². The Morgan fingerprint density at radius 3 is 1.79 bits per heavy atom. The third-order valence-electron chi connectivity index (χ3n) is 9.63. The van der Waals surface area contributed by atoms with Gasteiger partial charge in [0.1, 0.15) is 24.4 Å². The monoisotopic (exact) mass is 736 g/mol. The van der Waals surface area contributed by atoms with Gasteiger partial charge < -0.3 is 40.3 Å². The number of amides is 1. The summed E-state index contributed by atoms with van der Waals surface area (Å²) in [6.07, 6.45) is 34.3. The van der Waals surface area contributed by atoms with Crippen LogP contribution in [0.5, 0.6) is 0 Å². The molecule has 1 amide bonds. The fraction of sp³-hybridized carbons (Fsp3) is 0.791. The highest BCUT2D eigenvalue weighted by Gasteiger charge is 2.44. The molecule has 7 atom stereocenters. The summed E-state index contributed by atoms with van der Waals surface area (Å²) in [5.74, 6) is -0.204. The summed E-state index contributed by atoms with van der Waals surface area (Å²) in [6.45, 7) is 3.68. The van der Waals surface area contributed by atoms with Gasteiger partial charge in [-0.25, -0.2) is 0 Å². The first-order valence-corrected chi connectivity index (χ1v) is 20.9. The van der Waals surface area contributed by atoms with Gasteiger partial charge in [0, 0.05) is 6.42 Å². The summed E-state index contributed by atoms with van der Waals surface area (Å²) < 4.78 is 11.2. The molecule has 1 rings (SSSR count). The molecule has 0 bridgehead atoms. The van der Waals surface area contributed by atoms with Crippen LogP contribution in [0.15, 0.2) is 48.6 Å². The lowest BCUT2D eigenvalue weighted by Crippen LogP contribution is -2.60. The third-order valence-corrected chi connectivity index (χ3v) is 9.63. The van der Waals surface area contributed by atoms with Gasteiger partial charge in [0.15, 0.2) is 6.29 Å². The maximum atomic E-state index is 12.9. The van der Waals surface area contributed by atoms with Crippen molar-refractivity contribution in [3.05, 3.63) is 48.6 Å². The van der Waals surface area contributed by atoms with Crippen LogP contribution in [0.1, 0.15) is 162 Å². The van der Waals surface area contributed by atoms with E-state index in [0.29, 0.717) is 6.42 Å². The van der Waals surface area contributed by atoms with Gasteiger partial charge in [0.2, 0.25) is 5.91 Å². The van der Waals surface area contributed by atoms with Crippen LogP contribution in [0.3, 0.4) is 0 Å². The summed E-state index contributed by atoms with van der Waals surface area (Å²) in [7, 11) is 0. The van der Waals surface area contributed by atoms with E-state index in [1.807, 2.05) is 6.08 Å². The highest BCUT2D eigenvalue weighted by molar-refractivity contribution is 5.76. The molecule has 1 fully saturated rings. The van der Waals surface area contributed by atoms with Crippen LogP contribution in [-0.4, -0.2) is 87.5 Å². The third kappa shape index (κ3) is 24.5. The molecule has 1 aliphatic heterocycles. The largest absolute Gasteiger partial charge is 0.394 e. The van der Waals surface area contributed by atoms with Crippen molar-refractivity contribution in [1.29, 1.82) is 0 Å². The van der Waals surface area contributed by atoms with Crippen LogP contribution in [0, 0.1) is 0 Å². The predicted octanol–water partition coefficient (Wildman–Crippen LogP) is 7.89. The van der Waals surface area contributed by atoms with Gasteiger partial charge in [-0.2, -0.15) is 0 Å². The standard InChI is InChI=1S/C43H77NO8/c1-3-5-7-9-11-13-15-17-19-20-22-24-26-28-30-32-37(46)36(35-51-43-42(50)41(49)40(48)38(34-45)52-43)44-39(47)33-31-29-27-25-23-21-18-16-14-12-10-8-6-4-2/h10,12,16,18,22,24,30,32,36-38,40-43,45-46,48-50H,3-9,11,13-15,17,19-21,23,25-29,31,33-35H2,1-2H3,(H,44,47)/b12-10-,18-16-,24-22+,32-30+.